The maximum atomic E-state index is 12.6. The second-order valence-electron chi connectivity index (χ2n) is 6.70. The number of hydrogen-bond donors (Lipinski definition) is 0. The number of carbonyl (C=O) groups is 2. The van der Waals surface area contributed by atoms with Gasteiger partial charge in [0, 0.05) is 37.3 Å². The predicted molar refractivity (Wildman–Crippen MR) is 98.0 cm³/mol. The number of hydrogen-bond acceptors (Lipinski definition) is 4. The minimum atomic E-state index is 0.0328. The number of nitrogens with zero attached hydrogens (tertiary/aromatic N) is 3. The van der Waals surface area contributed by atoms with Gasteiger partial charge < -0.3 is 14.3 Å². The summed E-state index contributed by atoms with van der Waals surface area (Å²) in [4.78, 5) is 28.8. The molecule has 0 aliphatic carbocycles. The Balaban J connectivity index is 1.56. The van der Waals surface area contributed by atoms with Crippen LogP contribution in [0.4, 0.5) is 0 Å². The highest BCUT2D eigenvalue weighted by Crippen LogP contribution is 2.16. The first-order chi connectivity index (χ1) is 12.5. The summed E-state index contributed by atoms with van der Waals surface area (Å²) in [6.45, 7) is 7.99. The molecule has 26 heavy (non-hydrogen) atoms. The van der Waals surface area contributed by atoms with Crippen LogP contribution >= 0.6 is 0 Å². The van der Waals surface area contributed by atoms with Crippen molar-refractivity contribution in [2.75, 3.05) is 26.2 Å². The van der Waals surface area contributed by atoms with Crippen LogP contribution in [0, 0.1) is 13.8 Å². The Morgan fingerprint density at radius 2 is 1.65 bits per heavy atom. The van der Waals surface area contributed by atoms with E-state index >= 15 is 0 Å². The normalized spacial score (nSPS) is 14.6. The number of aryl methyl sites for hydroxylation is 3. The van der Waals surface area contributed by atoms with Gasteiger partial charge in [-0.1, -0.05) is 24.2 Å². The van der Waals surface area contributed by atoms with Gasteiger partial charge in [-0.05, 0) is 38.0 Å². The number of aromatic nitrogens is 1. The molecule has 0 spiro atoms. The molecule has 0 unspecified atom stereocenters. The molecule has 1 aromatic carbocycles. The van der Waals surface area contributed by atoms with Gasteiger partial charge in [0.2, 0.25) is 5.91 Å². The highest BCUT2D eigenvalue weighted by molar-refractivity contribution is 5.94. The summed E-state index contributed by atoms with van der Waals surface area (Å²) in [7, 11) is 0. The van der Waals surface area contributed by atoms with Crippen molar-refractivity contribution in [3.8, 4) is 0 Å². The molecule has 6 nitrogen and oxygen atoms in total. The molecule has 0 N–H and O–H groups in total. The van der Waals surface area contributed by atoms with Crippen LogP contribution in [0.5, 0.6) is 0 Å². The third-order valence-electron chi connectivity index (χ3n) is 5.04. The van der Waals surface area contributed by atoms with Crippen molar-refractivity contribution in [2.24, 2.45) is 0 Å². The van der Waals surface area contributed by atoms with Gasteiger partial charge in [0.25, 0.3) is 5.91 Å². The molecule has 1 aromatic heterocycles. The average Bonchev–Trinajstić information content (AvgIpc) is 2.99. The first-order valence-electron chi connectivity index (χ1n) is 9.07. The quantitative estimate of drug-likeness (QED) is 0.845. The minimum absolute atomic E-state index is 0.0328. The molecule has 1 fully saturated rings. The Hall–Kier alpha value is -2.63. The van der Waals surface area contributed by atoms with E-state index in [0.717, 1.165) is 17.7 Å². The number of amides is 2. The second-order valence-corrected chi connectivity index (χ2v) is 6.70. The zero-order valence-electron chi connectivity index (χ0n) is 15.6. The van der Waals surface area contributed by atoms with E-state index in [1.165, 1.54) is 5.56 Å². The Morgan fingerprint density at radius 1 is 1.04 bits per heavy atom. The van der Waals surface area contributed by atoms with Crippen molar-refractivity contribution in [3.63, 3.8) is 0 Å². The minimum Gasteiger partial charge on any atom is -0.361 e. The summed E-state index contributed by atoms with van der Waals surface area (Å²) in [6.07, 6.45) is 1.26. The number of carbonyl (C=O) groups excluding carboxylic acids is 2. The van der Waals surface area contributed by atoms with E-state index in [1.54, 1.807) is 0 Å². The van der Waals surface area contributed by atoms with Crippen molar-refractivity contribution in [3.05, 3.63) is 52.4 Å². The zero-order valence-corrected chi connectivity index (χ0v) is 15.6. The lowest BCUT2D eigenvalue weighted by atomic mass is 10.1. The summed E-state index contributed by atoms with van der Waals surface area (Å²) in [5, 5.41) is 3.90. The van der Waals surface area contributed by atoms with Gasteiger partial charge in [0.15, 0.2) is 0 Å². The monoisotopic (exact) mass is 355 g/mol. The molecule has 6 heteroatoms. The van der Waals surface area contributed by atoms with Crippen molar-refractivity contribution in [1.82, 2.24) is 15.0 Å². The van der Waals surface area contributed by atoms with Crippen molar-refractivity contribution < 1.29 is 14.1 Å². The Labute approximate surface area is 153 Å². The van der Waals surface area contributed by atoms with E-state index in [0.29, 0.717) is 43.9 Å². The molecular weight excluding hydrogens is 330 g/mol. The van der Waals surface area contributed by atoms with Crippen LogP contribution in [0.25, 0.3) is 0 Å². The van der Waals surface area contributed by atoms with E-state index in [1.807, 2.05) is 47.9 Å². The van der Waals surface area contributed by atoms with E-state index in [9.17, 15) is 9.59 Å². The SMILES string of the molecule is CCc1ccc(C(=O)N2CCN(C(=O)Cc3c(C)noc3C)CC2)cc1. The van der Waals surface area contributed by atoms with Crippen LogP contribution in [0.15, 0.2) is 28.8 Å². The summed E-state index contributed by atoms with van der Waals surface area (Å²) < 4.78 is 5.12. The molecule has 0 bridgehead atoms. The fourth-order valence-electron chi connectivity index (χ4n) is 3.24. The number of rotatable bonds is 4. The van der Waals surface area contributed by atoms with Crippen molar-refractivity contribution in [2.45, 2.75) is 33.6 Å². The average molecular weight is 355 g/mol. The van der Waals surface area contributed by atoms with Crippen LogP contribution in [-0.4, -0.2) is 52.9 Å². The molecule has 2 heterocycles. The molecule has 0 atom stereocenters. The molecule has 2 aromatic rings. The van der Waals surface area contributed by atoms with Gasteiger partial charge in [-0.3, -0.25) is 9.59 Å². The zero-order chi connectivity index (χ0) is 18.7. The molecule has 1 saturated heterocycles. The van der Waals surface area contributed by atoms with E-state index in [-0.39, 0.29) is 11.8 Å². The lowest BCUT2D eigenvalue weighted by Gasteiger charge is -2.35. The van der Waals surface area contributed by atoms with Gasteiger partial charge in [0.05, 0.1) is 12.1 Å². The lowest BCUT2D eigenvalue weighted by Crippen LogP contribution is -2.51. The van der Waals surface area contributed by atoms with Gasteiger partial charge in [-0.25, -0.2) is 0 Å². The smallest absolute Gasteiger partial charge is 0.253 e. The summed E-state index contributed by atoms with van der Waals surface area (Å²) in [6, 6.07) is 7.76. The van der Waals surface area contributed by atoms with E-state index in [2.05, 4.69) is 12.1 Å². The molecule has 0 saturated carbocycles. The maximum absolute atomic E-state index is 12.6. The Kier molecular flexibility index (Phi) is 5.40. The van der Waals surface area contributed by atoms with Crippen molar-refractivity contribution >= 4 is 11.8 Å². The van der Waals surface area contributed by atoms with Gasteiger partial charge in [-0.2, -0.15) is 0 Å². The topological polar surface area (TPSA) is 66.7 Å². The second kappa shape index (κ2) is 7.72. The highest BCUT2D eigenvalue weighted by atomic mass is 16.5. The molecule has 1 aliphatic rings. The molecule has 2 amide bonds. The summed E-state index contributed by atoms with van der Waals surface area (Å²) in [5.74, 6) is 0.782. The standard InChI is InChI=1S/C20H25N3O3/c1-4-16-5-7-17(8-6-16)20(25)23-11-9-22(10-12-23)19(24)13-18-14(2)21-26-15(18)3/h5-8H,4,9-13H2,1-3H3. The van der Waals surface area contributed by atoms with Gasteiger partial charge in [-0.15, -0.1) is 0 Å². The lowest BCUT2D eigenvalue weighted by molar-refractivity contribution is -0.131. The molecule has 1 aliphatic heterocycles. The number of benzene rings is 1. The summed E-state index contributed by atoms with van der Waals surface area (Å²) >= 11 is 0. The first kappa shape index (κ1) is 18.2. The largest absolute Gasteiger partial charge is 0.361 e. The molecule has 138 valence electrons. The van der Waals surface area contributed by atoms with Crippen LogP contribution in [0.2, 0.25) is 0 Å². The highest BCUT2D eigenvalue weighted by Gasteiger charge is 2.26. The third kappa shape index (κ3) is 3.79. The Morgan fingerprint density at radius 3 is 2.19 bits per heavy atom. The van der Waals surface area contributed by atoms with E-state index < -0.39 is 0 Å². The number of piperazine rings is 1. The third-order valence-corrected chi connectivity index (χ3v) is 5.04. The van der Waals surface area contributed by atoms with Gasteiger partial charge >= 0.3 is 0 Å². The molecule has 3 rings (SSSR count). The van der Waals surface area contributed by atoms with Gasteiger partial charge in [0.1, 0.15) is 5.76 Å². The first-order valence-corrected chi connectivity index (χ1v) is 9.07. The fraction of sp³-hybridized carbons (Fsp3) is 0.450. The fourth-order valence-corrected chi connectivity index (χ4v) is 3.24. The van der Waals surface area contributed by atoms with E-state index in [4.69, 9.17) is 4.52 Å². The summed E-state index contributed by atoms with van der Waals surface area (Å²) in [5.41, 5.74) is 3.55. The predicted octanol–water partition coefficient (Wildman–Crippen LogP) is 2.38. The van der Waals surface area contributed by atoms with Crippen LogP contribution < -0.4 is 0 Å². The van der Waals surface area contributed by atoms with Crippen LogP contribution in [0.1, 0.15) is 39.9 Å². The Bertz CT molecular complexity index is 768. The van der Waals surface area contributed by atoms with Crippen LogP contribution in [-0.2, 0) is 17.6 Å². The van der Waals surface area contributed by atoms with Crippen LogP contribution in [0.3, 0.4) is 0 Å². The maximum Gasteiger partial charge on any atom is 0.253 e. The molecule has 0 radical (unpaired) electrons. The molecular formula is C20H25N3O3. The van der Waals surface area contributed by atoms with Crippen molar-refractivity contribution in [1.29, 1.82) is 0 Å².